The van der Waals surface area contributed by atoms with Crippen LogP contribution in [0.1, 0.15) is 12.8 Å². The lowest BCUT2D eigenvalue weighted by Crippen LogP contribution is -2.17. The number of nitrogens with one attached hydrogen (secondary N) is 1. The minimum atomic E-state index is -2.93. The SMILES string of the molecule is O=C(CC1CCS(=O)(=O)C1)Nc1ccc(I)cc1Cl. The zero-order valence-electron chi connectivity index (χ0n) is 10.0. The van der Waals surface area contributed by atoms with Crippen molar-refractivity contribution in [2.45, 2.75) is 12.8 Å². The Balaban J connectivity index is 1.95. The van der Waals surface area contributed by atoms with E-state index in [1.165, 1.54) is 0 Å². The van der Waals surface area contributed by atoms with Crippen LogP contribution in [0.15, 0.2) is 18.2 Å². The molecule has 1 aromatic rings. The van der Waals surface area contributed by atoms with E-state index in [-0.39, 0.29) is 29.8 Å². The maximum absolute atomic E-state index is 11.9. The summed E-state index contributed by atoms with van der Waals surface area (Å²) < 4.78 is 23.6. The molecule has 1 aliphatic rings. The van der Waals surface area contributed by atoms with Crippen LogP contribution in [0.3, 0.4) is 0 Å². The highest BCUT2D eigenvalue weighted by molar-refractivity contribution is 14.1. The number of anilines is 1. The standard InChI is InChI=1S/C12H13ClINO3S/c13-10-6-9(14)1-2-11(10)15-12(16)5-8-3-4-19(17,18)7-8/h1-2,6,8H,3-5,7H2,(H,15,16). The van der Waals surface area contributed by atoms with Gasteiger partial charge in [-0.05, 0) is 53.1 Å². The van der Waals surface area contributed by atoms with E-state index in [4.69, 9.17) is 11.6 Å². The van der Waals surface area contributed by atoms with Crippen molar-refractivity contribution in [3.63, 3.8) is 0 Å². The van der Waals surface area contributed by atoms with E-state index in [2.05, 4.69) is 27.9 Å². The van der Waals surface area contributed by atoms with Crippen LogP contribution in [0.2, 0.25) is 5.02 Å². The number of carbonyl (C=O) groups is 1. The highest BCUT2D eigenvalue weighted by Crippen LogP contribution is 2.26. The number of benzene rings is 1. The van der Waals surface area contributed by atoms with Crippen LogP contribution in [0.5, 0.6) is 0 Å². The van der Waals surface area contributed by atoms with Gasteiger partial charge in [0.05, 0.1) is 22.2 Å². The molecule has 1 atom stereocenters. The van der Waals surface area contributed by atoms with Crippen molar-refractivity contribution in [1.82, 2.24) is 0 Å². The van der Waals surface area contributed by atoms with Gasteiger partial charge in [0, 0.05) is 9.99 Å². The fraction of sp³-hybridized carbons (Fsp3) is 0.417. The molecule has 1 heterocycles. The lowest BCUT2D eigenvalue weighted by molar-refractivity contribution is -0.116. The lowest BCUT2D eigenvalue weighted by atomic mass is 10.1. The Morgan fingerprint density at radius 1 is 1.47 bits per heavy atom. The summed E-state index contributed by atoms with van der Waals surface area (Å²) in [5.41, 5.74) is 0.563. The third-order valence-electron chi connectivity index (χ3n) is 3.01. The quantitative estimate of drug-likeness (QED) is 0.775. The van der Waals surface area contributed by atoms with Crippen molar-refractivity contribution >= 4 is 55.6 Å². The van der Waals surface area contributed by atoms with Gasteiger partial charge < -0.3 is 5.32 Å². The first-order valence-electron chi connectivity index (χ1n) is 5.81. The molecule has 1 N–H and O–H groups in total. The molecule has 0 aromatic heterocycles. The molecule has 1 aromatic carbocycles. The minimum absolute atomic E-state index is 0.0763. The van der Waals surface area contributed by atoms with E-state index in [0.29, 0.717) is 17.1 Å². The van der Waals surface area contributed by atoms with Crippen molar-refractivity contribution in [1.29, 1.82) is 0 Å². The second-order valence-electron chi connectivity index (χ2n) is 4.65. The van der Waals surface area contributed by atoms with Crippen LogP contribution in [0.25, 0.3) is 0 Å². The Bertz CT molecular complexity index is 603. The lowest BCUT2D eigenvalue weighted by Gasteiger charge is -2.10. The van der Waals surface area contributed by atoms with Gasteiger partial charge in [0.15, 0.2) is 9.84 Å². The number of halogens is 2. The van der Waals surface area contributed by atoms with E-state index >= 15 is 0 Å². The third-order valence-corrected chi connectivity index (χ3v) is 5.83. The predicted octanol–water partition coefficient (Wildman–Crippen LogP) is 2.71. The summed E-state index contributed by atoms with van der Waals surface area (Å²) in [6.07, 6.45) is 0.789. The summed E-state index contributed by atoms with van der Waals surface area (Å²) in [7, 11) is -2.93. The molecule has 19 heavy (non-hydrogen) atoms. The number of sulfone groups is 1. The summed E-state index contributed by atoms with van der Waals surface area (Å²) in [5, 5.41) is 3.21. The number of carbonyl (C=O) groups excluding carboxylic acids is 1. The second-order valence-corrected chi connectivity index (χ2v) is 8.53. The highest BCUT2D eigenvalue weighted by atomic mass is 127. The molecule has 2 rings (SSSR count). The van der Waals surface area contributed by atoms with Gasteiger partial charge in [0.1, 0.15) is 0 Å². The van der Waals surface area contributed by atoms with Gasteiger partial charge in [-0.1, -0.05) is 11.6 Å². The Morgan fingerprint density at radius 2 is 2.21 bits per heavy atom. The topological polar surface area (TPSA) is 63.2 Å². The molecule has 4 nitrogen and oxygen atoms in total. The second kappa shape index (κ2) is 5.97. The summed E-state index contributed by atoms with van der Waals surface area (Å²) in [5.74, 6) is 0.0358. The Labute approximate surface area is 131 Å². The smallest absolute Gasteiger partial charge is 0.224 e. The molecule has 0 aliphatic carbocycles. The zero-order chi connectivity index (χ0) is 14.0. The number of hydrogen-bond acceptors (Lipinski definition) is 3. The molecular formula is C12H13ClINO3S. The number of hydrogen-bond donors (Lipinski definition) is 1. The predicted molar refractivity (Wildman–Crippen MR) is 84.2 cm³/mol. The molecule has 1 fully saturated rings. The van der Waals surface area contributed by atoms with E-state index < -0.39 is 9.84 Å². The van der Waals surface area contributed by atoms with E-state index in [1.807, 2.05) is 6.07 Å². The fourth-order valence-electron chi connectivity index (χ4n) is 2.09. The van der Waals surface area contributed by atoms with Crippen LogP contribution in [-0.4, -0.2) is 25.8 Å². The van der Waals surface area contributed by atoms with Crippen LogP contribution in [-0.2, 0) is 14.6 Å². The van der Waals surface area contributed by atoms with E-state index in [9.17, 15) is 13.2 Å². The molecule has 7 heteroatoms. The average Bonchev–Trinajstić information content (AvgIpc) is 2.62. The van der Waals surface area contributed by atoms with Gasteiger partial charge in [-0.3, -0.25) is 4.79 Å². The molecule has 1 unspecified atom stereocenters. The maximum Gasteiger partial charge on any atom is 0.224 e. The summed E-state index contributed by atoms with van der Waals surface area (Å²) in [6, 6.07) is 5.35. The van der Waals surface area contributed by atoms with Crippen LogP contribution >= 0.6 is 34.2 Å². The summed E-state index contributed by atoms with van der Waals surface area (Å²) in [6.45, 7) is 0. The van der Waals surface area contributed by atoms with Gasteiger partial charge >= 0.3 is 0 Å². The first-order valence-corrected chi connectivity index (χ1v) is 9.09. The molecular weight excluding hydrogens is 401 g/mol. The van der Waals surface area contributed by atoms with Crippen LogP contribution in [0.4, 0.5) is 5.69 Å². The largest absolute Gasteiger partial charge is 0.325 e. The van der Waals surface area contributed by atoms with Crippen molar-refractivity contribution in [3.05, 3.63) is 26.8 Å². The Hall–Kier alpha value is -0.340. The van der Waals surface area contributed by atoms with Crippen molar-refractivity contribution in [3.8, 4) is 0 Å². The molecule has 1 saturated heterocycles. The third kappa shape index (κ3) is 4.32. The Kier molecular flexibility index (Phi) is 4.73. The van der Waals surface area contributed by atoms with E-state index in [1.54, 1.807) is 12.1 Å². The zero-order valence-corrected chi connectivity index (χ0v) is 13.8. The van der Waals surface area contributed by atoms with Crippen molar-refractivity contribution in [2.24, 2.45) is 5.92 Å². The number of amides is 1. The molecule has 0 radical (unpaired) electrons. The number of rotatable bonds is 3. The molecule has 0 spiro atoms. The van der Waals surface area contributed by atoms with Crippen molar-refractivity contribution in [2.75, 3.05) is 16.8 Å². The van der Waals surface area contributed by atoms with Gasteiger partial charge in [-0.25, -0.2) is 8.42 Å². The maximum atomic E-state index is 11.9. The van der Waals surface area contributed by atoms with Gasteiger partial charge in [0.25, 0.3) is 0 Å². The van der Waals surface area contributed by atoms with Crippen LogP contribution < -0.4 is 5.32 Å². The summed E-state index contributed by atoms with van der Waals surface area (Å²) in [4.78, 5) is 11.9. The van der Waals surface area contributed by atoms with E-state index in [0.717, 1.165) is 3.57 Å². The Morgan fingerprint density at radius 3 is 2.79 bits per heavy atom. The summed E-state index contributed by atoms with van der Waals surface area (Å²) >= 11 is 8.16. The molecule has 1 aliphatic heterocycles. The molecule has 0 bridgehead atoms. The molecule has 1 amide bonds. The normalized spacial score (nSPS) is 21.3. The molecule has 0 saturated carbocycles. The van der Waals surface area contributed by atoms with Gasteiger partial charge in [0.2, 0.25) is 5.91 Å². The van der Waals surface area contributed by atoms with Gasteiger partial charge in [-0.15, -0.1) is 0 Å². The first kappa shape index (κ1) is 15.1. The first-order chi connectivity index (χ1) is 8.85. The van der Waals surface area contributed by atoms with Crippen LogP contribution in [0, 0.1) is 9.49 Å². The monoisotopic (exact) mass is 413 g/mol. The fourth-order valence-corrected chi connectivity index (χ4v) is 4.85. The minimum Gasteiger partial charge on any atom is -0.325 e. The van der Waals surface area contributed by atoms with Gasteiger partial charge in [-0.2, -0.15) is 0 Å². The van der Waals surface area contributed by atoms with Crippen molar-refractivity contribution < 1.29 is 13.2 Å². The average molecular weight is 414 g/mol. The highest BCUT2D eigenvalue weighted by Gasteiger charge is 2.29. The molecule has 104 valence electrons.